The topological polar surface area (TPSA) is 26.3 Å². The van der Waals surface area contributed by atoms with Crippen molar-refractivity contribution in [2.45, 2.75) is 39.0 Å². The van der Waals surface area contributed by atoms with Gasteiger partial charge in [-0.1, -0.05) is 22.0 Å². The number of rotatable bonds is 4. The van der Waals surface area contributed by atoms with Crippen molar-refractivity contribution in [3.05, 3.63) is 33.8 Å². The molecule has 2 nitrogen and oxygen atoms in total. The molecular weight excluding hydrogens is 292 g/mol. The van der Waals surface area contributed by atoms with Gasteiger partial charge >= 0.3 is 5.97 Å². The second kappa shape index (κ2) is 6.37. The van der Waals surface area contributed by atoms with Crippen LogP contribution in [0.4, 0.5) is 0 Å². The Kier molecular flexibility index (Phi) is 4.81. The lowest BCUT2D eigenvalue weighted by Crippen LogP contribution is -2.16. The summed E-state index contributed by atoms with van der Waals surface area (Å²) in [6.45, 7) is 2.34. The van der Waals surface area contributed by atoms with Gasteiger partial charge in [0.15, 0.2) is 0 Å². The second-order valence-corrected chi connectivity index (χ2v) is 5.78. The van der Waals surface area contributed by atoms with Gasteiger partial charge in [0, 0.05) is 10.9 Å². The van der Waals surface area contributed by atoms with Gasteiger partial charge in [0.25, 0.3) is 0 Å². The van der Waals surface area contributed by atoms with Crippen molar-refractivity contribution in [2.24, 2.45) is 5.92 Å². The molecule has 1 aliphatic carbocycles. The lowest BCUT2D eigenvalue weighted by molar-refractivity contribution is -0.143. The van der Waals surface area contributed by atoms with Crippen LogP contribution in [0.3, 0.4) is 0 Å². The summed E-state index contributed by atoms with van der Waals surface area (Å²) < 4.78 is 6.13. The maximum Gasteiger partial charge on any atom is 0.305 e. The van der Waals surface area contributed by atoms with Crippen LogP contribution in [-0.2, 0) is 22.4 Å². The van der Waals surface area contributed by atoms with Gasteiger partial charge in [-0.05, 0) is 61.8 Å². The Morgan fingerprint density at radius 1 is 1.44 bits per heavy atom. The van der Waals surface area contributed by atoms with Crippen LogP contribution in [0.1, 0.15) is 37.3 Å². The standard InChI is InChI=1S/C15H19BrO2/c1-2-18-15(17)8-4-11-3-5-13-10-14(16)7-6-12(13)9-11/h6-7,10-11H,2-5,8-9H2,1H3/t11-/m1/s1. The van der Waals surface area contributed by atoms with Crippen LogP contribution in [0.2, 0.25) is 0 Å². The van der Waals surface area contributed by atoms with Gasteiger partial charge in [-0.2, -0.15) is 0 Å². The zero-order valence-electron chi connectivity index (χ0n) is 10.7. The molecule has 0 unspecified atom stereocenters. The Morgan fingerprint density at radius 3 is 3.06 bits per heavy atom. The van der Waals surface area contributed by atoms with Crippen LogP contribution in [0.15, 0.2) is 22.7 Å². The quantitative estimate of drug-likeness (QED) is 0.788. The van der Waals surface area contributed by atoms with Gasteiger partial charge in [-0.25, -0.2) is 0 Å². The van der Waals surface area contributed by atoms with Gasteiger partial charge in [0.2, 0.25) is 0 Å². The first kappa shape index (κ1) is 13.6. The lowest BCUT2D eigenvalue weighted by atomic mass is 9.82. The van der Waals surface area contributed by atoms with E-state index < -0.39 is 0 Å². The molecule has 2 rings (SSSR count). The van der Waals surface area contributed by atoms with Crippen LogP contribution in [0, 0.1) is 5.92 Å². The second-order valence-electron chi connectivity index (χ2n) is 4.87. The van der Waals surface area contributed by atoms with Crippen LogP contribution >= 0.6 is 15.9 Å². The number of hydrogen-bond acceptors (Lipinski definition) is 2. The molecule has 3 heteroatoms. The summed E-state index contributed by atoms with van der Waals surface area (Å²) in [6.07, 6.45) is 4.92. The molecule has 1 atom stereocenters. The van der Waals surface area contributed by atoms with Crippen molar-refractivity contribution in [3.8, 4) is 0 Å². The molecule has 98 valence electrons. The summed E-state index contributed by atoms with van der Waals surface area (Å²) in [5, 5.41) is 0. The van der Waals surface area contributed by atoms with Crippen molar-refractivity contribution >= 4 is 21.9 Å². The molecule has 0 aromatic heterocycles. The summed E-state index contributed by atoms with van der Waals surface area (Å²) in [5.74, 6) is 0.571. The highest BCUT2D eigenvalue weighted by atomic mass is 79.9. The Balaban J connectivity index is 1.88. The number of carbonyl (C=O) groups is 1. The highest BCUT2D eigenvalue weighted by Crippen LogP contribution is 2.30. The molecule has 1 aromatic carbocycles. The summed E-state index contributed by atoms with van der Waals surface area (Å²) in [4.78, 5) is 11.3. The molecule has 0 aliphatic heterocycles. The number of fused-ring (bicyclic) bond motifs is 1. The van der Waals surface area contributed by atoms with E-state index in [2.05, 4.69) is 34.1 Å². The number of halogens is 1. The van der Waals surface area contributed by atoms with Gasteiger partial charge in [-0.15, -0.1) is 0 Å². The van der Waals surface area contributed by atoms with Crippen molar-refractivity contribution in [2.75, 3.05) is 6.61 Å². The summed E-state index contributed by atoms with van der Waals surface area (Å²) in [5.41, 5.74) is 2.90. The Hall–Kier alpha value is -0.830. The predicted molar refractivity (Wildman–Crippen MR) is 75.5 cm³/mol. The maximum absolute atomic E-state index is 11.3. The van der Waals surface area contributed by atoms with Crippen molar-refractivity contribution < 1.29 is 9.53 Å². The van der Waals surface area contributed by atoms with E-state index in [0.717, 1.165) is 23.7 Å². The highest BCUT2D eigenvalue weighted by Gasteiger charge is 2.19. The maximum atomic E-state index is 11.3. The van der Waals surface area contributed by atoms with Crippen molar-refractivity contribution in [3.63, 3.8) is 0 Å². The van der Waals surface area contributed by atoms with E-state index in [1.54, 1.807) is 0 Å². The van der Waals surface area contributed by atoms with E-state index >= 15 is 0 Å². The zero-order chi connectivity index (χ0) is 13.0. The molecule has 0 saturated heterocycles. The third kappa shape index (κ3) is 3.58. The number of esters is 1. The average molecular weight is 311 g/mol. The molecule has 0 radical (unpaired) electrons. The normalized spacial score (nSPS) is 18.2. The van der Waals surface area contributed by atoms with Crippen LogP contribution in [0.25, 0.3) is 0 Å². The molecule has 0 spiro atoms. The molecule has 1 aliphatic rings. The molecule has 0 saturated carbocycles. The number of hydrogen-bond donors (Lipinski definition) is 0. The first-order valence-electron chi connectivity index (χ1n) is 6.62. The number of benzene rings is 1. The fraction of sp³-hybridized carbons (Fsp3) is 0.533. The number of carbonyl (C=O) groups excluding carboxylic acids is 1. The molecule has 0 heterocycles. The minimum absolute atomic E-state index is 0.0564. The monoisotopic (exact) mass is 310 g/mol. The van der Waals surface area contributed by atoms with Gasteiger partial charge in [-0.3, -0.25) is 4.79 Å². The fourth-order valence-electron chi connectivity index (χ4n) is 2.60. The molecule has 0 fully saturated rings. The number of aryl methyl sites for hydroxylation is 1. The van der Waals surface area contributed by atoms with E-state index in [1.807, 2.05) is 6.92 Å². The molecule has 1 aromatic rings. The molecule has 18 heavy (non-hydrogen) atoms. The first-order valence-corrected chi connectivity index (χ1v) is 7.41. The van der Waals surface area contributed by atoms with Crippen LogP contribution in [-0.4, -0.2) is 12.6 Å². The van der Waals surface area contributed by atoms with E-state index in [1.165, 1.54) is 17.5 Å². The summed E-state index contributed by atoms with van der Waals surface area (Å²) in [6, 6.07) is 6.53. The predicted octanol–water partition coefficient (Wildman–Crippen LogP) is 3.90. The minimum Gasteiger partial charge on any atom is -0.466 e. The van der Waals surface area contributed by atoms with E-state index in [4.69, 9.17) is 4.74 Å². The first-order chi connectivity index (χ1) is 8.69. The SMILES string of the molecule is CCOC(=O)CC[C@H]1CCc2cc(Br)ccc2C1. The Morgan fingerprint density at radius 2 is 2.28 bits per heavy atom. The molecule has 0 bridgehead atoms. The number of ether oxygens (including phenoxy) is 1. The summed E-state index contributed by atoms with van der Waals surface area (Å²) in [7, 11) is 0. The smallest absolute Gasteiger partial charge is 0.305 e. The van der Waals surface area contributed by atoms with Crippen molar-refractivity contribution in [1.29, 1.82) is 0 Å². The largest absolute Gasteiger partial charge is 0.466 e. The van der Waals surface area contributed by atoms with Crippen LogP contribution in [0.5, 0.6) is 0 Å². The summed E-state index contributed by atoms with van der Waals surface area (Å²) >= 11 is 3.51. The molecule has 0 amide bonds. The third-order valence-corrected chi connectivity index (χ3v) is 4.05. The van der Waals surface area contributed by atoms with Crippen molar-refractivity contribution in [1.82, 2.24) is 0 Å². The van der Waals surface area contributed by atoms with E-state index in [9.17, 15) is 4.79 Å². The average Bonchev–Trinajstić information content (AvgIpc) is 2.36. The lowest BCUT2D eigenvalue weighted by Gasteiger charge is -2.24. The molecule has 0 N–H and O–H groups in total. The zero-order valence-corrected chi connectivity index (χ0v) is 12.3. The minimum atomic E-state index is -0.0564. The third-order valence-electron chi connectivity index (χ3n) is 3.56. The van der Waals surface area contributed by atoms with Gasteiger partial charge < -0.3 is 4.74 Å². The van der Waals surface area contributed by atoms with Crippen LogP contribution < -0.4 is 0 Å². The van der Waals surface area contributed by atoms with Gasteiger partial charge in [0.05, 0.1) is 6.61 Å². The van der Waals surface area contributed by atoms with Gasteiger partial charge in [0.1, 0.15) is 0 Å². The molecular formula is C15H19BrO2. The fourth-order valence-corrected chi connectivity index (χ4v) is 3.01. The Labute approximate surface area is 117 Å². The highest BCUT2D eigenvalue weighted by molar-refractivity contribution is 9.10. The van der Waals surface area contributed by atoms with E-state index in [0.29, 0.717) is 18.9 Å². The van der Waals surface area contributed by atoms with E-state index in [-0.39, 0.29) is 5.97 Å². The Bertz CT molecular complexity index is 429.